The maximum atomic E-state index is 10.8. The quantitative estimate of drug-likeness (QED) is 0.686. The molecule has 1 nitrogen and oxygen atoms in total. The second-order valence-corrected chi connectivity index (χ2v) is 9.25. The molecule has 108 valence electrons. The lowest BCUT2D eigenvalue weighted by molar-refractivity contribution is -0.131. The van der Waals surface area contributed by atoms with Crippen molar-refractivity contribution in [1.82, 2.24) is 0 Å². The first-order chi connectivity index (χ1) is 8.76. The summed E-state index contributed by atoms with van der Waals surface area (Å²) in [6.45, 7) is 9.74. The summed E-state index contributed by atoms with van der Waals surface area (Å²) in [6, 6.07) is 0. The fourth-order valence-corrected chi connectivity index (χ4v) is 7.05. The third kappa shape index (κ3) is 1.23. The predicted octanol–water partition coefficient (Wildman–Crippen LogP) is 4.39. The fraction of sp³-hybridized carbons (Fsp3) is 1.00. The summed E-state index contributed by atoms with van der Waals surface area (Å²) in [5.41, 5.74) is 1.24. The van der Waals surface area contributed by atoms with Crippen LogP contribution in [0, 0.1) is 34.0 Å². The van der Waals surface area contributed by atoms with E-state index >= 15 is 0 Å². The molecule has 0 saturated heterocycles. The summed E-state index contributed by atoms with van der Waals surface area (Å²) in [4.78, 5) is 0. The highest BCUT2D eigenvalue weighted by molar-refractivity contribution is 5.27. The first-order valence-electron chi connectivity index (χ1n) is 8.49. The lowest BCUT2D eigenvalue weighted by Crippen LogP contribution is -2.54. The van der Waals surface area contributed by atoms with Crippen LogP contribution in [0.5, 0.6) is 0 Å². The molecule has 0 aromatic heterocycles. The van der Waals surface area contributed by atoms with E-state index in [9.17, 15) is 5.11 Å². The van der Waals surface area contributed by atoms with E-state index in [1.54, 1.807) is 0 Å². The topological polar surface area (TPSA) is 20.2 Å². The van der Waals surface area contributed by atoms with E-state index in [1.165, 1.54) is 38.5 Å². The zero-order valence-electron chi connectivity index (χ0n) is 13.1. The lowest BCUT2D eigenvalue weighted by atomic mass is 9.46. The highest BCUT2D eigenvalue weighted by Crippen LogP contribution is 2.83. The second kappa shape index (κ2) is 3.24. The molecule has 0 amide bonds. The molecule has 1 N–H and O–H groups in total. The van der Waals surface area contributed by atoms with Gasteiger partial charge in [-0.05, 0) is 85.9 Å². The average molecular weight is 262 g/mol. The molecule has 4 aliphatic carbocycles. The minimum atomic E-state index is -0.371. The van der Waals surface area contributed by atoms with Crippen molar-refractivity contribution >= 4 is 0 Å². The van der Waals surface area contributed by atoms with Crippen LogP contribution in [0.15, 0.2) is 0 Å². The van der Waals surface area contributed by atoms with Crippen molar-refractivity contribution in [2.24, 2.45) is 34.0 Å². The highest BCUT2D eigenvalue weighted by Gasteiger charge is 2.78. The van der Waals surface area contributed by atoms with E-state index in [2.05, 4.69) is 27.7 Å². The van der Waals surface area contributed by atoms with Gasteiger partial charge in [0.25, 0.3) is 0 Å². The van der Waals surface area contributed by atoms with Crippen molar-refractivity contribution in [2.75, 3.05) is 0 Å². The van der Waals surface area contributed by atoms with Crippen LogP contribution >= 0.6 is 0 Å². The molecule has 19 heavy (non-hydrogen) atoms. The van der Waals surface area contributed by atoms with E-state index < -0.39 is 0 Å². The van der Waals surface area contributed by atoms with Crippen LogP contribution in [0.1, 0.15) is 72.6 Å². The molecule has 4 aliphatic rings. The molecule has 0 unspecified atom stereocenters. The Hall–Kier alpha value is -0.0400. The molecule has 4 saturated carbocycles. The standard InChI is InChI=1S/C18H30O/c1-12-5-6-13-16(12,3)9-7-15(2)8-10-17(4,19)14-11-18(13,14)15/h12-14,19H,5-11H2,1-4H3/t12-,13+,14+,15-,16+,17+,18+/m0/s1. The van der Waals surface area contributed by atoms with Crippen LogP contribution in [0.4, 0.5) is 0 Å². The molecule has 1 heteroatoms. The van der Waals surface area contributed by atoms with Crippen molar-refractivity contribution in [3.63, 3.8) is 0 Å². The average Bonchev–Trinajstić information content (AvgIpc) is 3.03. The molecule has 0 bridgehead atoms. The van der Waals surface area contributed by atoms with E-state index in [1.807, 2.05) is 0 Å². The Balaban J connectivity index is 1.79. The maximum Gasteiger partial charge on any atom is 0.0653 e. The molecule has 4 rings (SSSR count). The minimum Gasteiger partial charge on any atom is -0.390 e. The summed E-state index contributed by atoms with van der Waals surface area (Å²) >= 11 is 0. The molecule has 0 heterocycles. The van der Waals surface area contributed by atoms with Gasteiger partial charge in [-0.2, -0.15) is 0 Å². The van der Waals surface area contributed by atoms with Gasteiger partial charge in [-0.25, -0.2) is 0 Å². The van der Waals surface area contributed by atoms with E-state index in [0.717, 1.165) is 18.3 Å². The van der Waals surface area contributed by atoms with Crippen LogP contribution in [0.3, 0.4) is 0 Å². The number of hydrogen-bond acceptors (Lipinski definition) is 1. The minimum absolute atomic E-state index is 0.371. The van der Waals surface area contributed by atoms with Gasteiger partial charge in [-0.15, -0.1) is 0 Å². The summed E-state index contributed by atoms with van der Waals surface area (Å²) < 4.78 is 0. The zero-order valence-corrected chi connectivity index (χ0v) is 13.1. The van der Waals surface area contributed by atoms with Crippen LogP contribution in [-0.4, -0.2) is 10.7 Å². The van der Waals surface area contributed by atoms with Crippen molar-refractivity contribution in [3.05, 3.63) is 0 Å². The first kappa shape index (κ1) is 12.7. The fourth-order valence-electron chi connectivity index (χ4n) is 7.05. The number of hydrogen-bond donors (Lipinski definition) is 1. The van der Waals surface area contributed by atoms with Gasteiger partial charge in [0.15, 0.2) is 0 Å². The SMILES string of the molecule is C[C@H]1CC[C@@H]2[C@]1(C)CC[C@@]1(C)CC[C@@](C)(O)[C@H]3C[C@@]231. The summed E-state index contributed by atoms with van der Waals surface area (Å²) in [6.07, 6.45) is 9.33. The number of aliphatic hydroxyl groups is 1. The molecule has 0 radical (unpaired) electrons. The number of rotatable bonds is 0. The normalized spacial score (nSPS) is 67.1. The van der Waals surface area contributed by atoms with Crippen LogP contribution in [0.2, 0.25) is 0 Å². The highest BCUT2D eigenvalue weighted by atomic mass is 16.3. The molecular formula is C18H30O. The van der Waals surface area contributed by atoms with Crippen LogP contribution in [-0.2, 0) is 0 Å². The molecule has 0 aliphatic heterocycles. The van der Waals surface area contributed by atoms with Gasteiger partial charge in [-0.1, -0.05) is 20.8 Å². The van der Waals surface area contributed by atoms with Gasteiger partial charge in [0.1, 0.15) is 0 Å². The van der Waals surface area contributed by atoms with Gasteiger partial charge >= 0.3 is 0 Å². The number of fused-ring (bicyclic) bond motifs is 1. The van der Waals surface area contributed by atoms with E-state index in [4.69, 9.17) is 0 Å². The molecule has 4 fully saturated rings. The van der Waals surface area contributed by atoms with E-state index in [0.29, 0.717) is 22.2 Å². The maximum absolute atomic E-state index is 10.8. The Bertz CT molecular complexity index is 427. The summed E-state index contributed by atoms with van der Waals surface area (Å²) in [7, 11) is 0. The van der Waals surface area contributed by atoms with Crippen molar-refractivity contribution < 1.29 is 5.11 Å². The van der Waals surface area contributed by atoms with Gasteiger partial charge < -0.3 is 5.11 Å². The third-order valence-corrected chi connectivity index (χ3v) is 8.71. The van der Waals surface area contributed by atoms with Crippen molar-refractivity contribution in [2.45, 2.75) is 78.2 Å². The summed E-state index contributed by atoms with van der Waals surface area (Å²) in [5, 5.41) is 10.8. The Labute approximate surface area is 118 Å². The van der Waals surface area contributed by atoms with Crippen LogP contribution < -0.4 is 0 Å². The smallest absolute Gasteiger partial charge is 0.0653 e. The van der Waals surface area contributed by atoms with Gasteiger partial charge in [-0.3, -0.25) is 0 Å². The molecule has 0 aromatic carbocycles. The first-order valence-corrected chi connectivity index (χ1v) is 8.49. The van der Waals surface area contributed by atoms with Crippen molar-refractivity contribution in [1.29, 1.82) is 0 Å². The van der Waals surface area contributed by atoms with Crippen LogP contribution in [0.25, 0.3) is 0 Å². The molecular weight excluding hydrogens is 232 g/mol. The van der Waals surface area contributed by atoms with Gasteiger partial charge in [0, 0.05) is 0 Å². The Morgan fingerprint density at radius 2 is 1.58 bits per heavy atom. The van der Waals surface area contributed by atoms with Crippen molar-refractivity contribution in [3.8, 4) is 0 Å². The second-order valence-electron chi connectivity index (χ2n) is 9.25. The molecule has 7 atom stereocenters. The van der Waals surface area contributed by atoms with Gasteiger partial charge in [0.05, 0.1) is 5.60 Å². The Kier molecular flexibility index (Phi) is 2.16. The molecule has 0 aromatic rings. The Morgan fingerprint density at radius 1 is 0.895 bits per heavy atom. The monoisotopic (exact) mass is 262 g/mol. The van der Waals surface area contributed by atoms with Gasteiger partial charge in [0.2, 0.25) is 0 Å². The third-order valence-electron chi connectivity index (χ3n) is 8.71. The zero-order chi connectivity index (χ0) is 13.7. The lowest BCUT2D eigenvalue weighted by Gasteiger charge is -2.58. The van der Waals surface area contributed by atoms with E-state index in [-0.39, 0.29) is 5.60 Å². The predicted molar refractivity (Wildman–Crippen MR) is 77.7 cm³/mol. The molecule has 1 spiro atoms. The summed E-state index contributed by atoms with van der Waals surface area (Å²) in [5.74, 6) is 2.39. The largest absolute Gasteiger partial charge is 0.390 e. The Morgan fingerprint density at radius 3 is 2.32 bits per heavy atom.